The molecule has 2 aliphatic rings. The lowest BCUT2D eigenvalue weighted by molar-refractivity contribution is -0.140. The van der Waals surface area contributed by atoms with E-state index in [0.29, 0.717) is 31.8 Å². The van der Waals surface area contributed by atoms with Crippen LogP contribution in [0.25, 0.3) is 10.9 Å². The molecule has 0 bridgehead atoms. The van der Waals surface area contributed by atoms with Gasteiger partial charge in [-0.1, -0.05) is 25.1 Å². The molecule has 1 saturated carbocycles. The van der Waals surface area contributed by atoms with Crippen LogP contribution in [0.4, 0.5) is 8.78 Å². The maximum atomic E-state index is 13.3. The van der Waals surface area contributed by atoms with E-state index in [1.807, 2.05) is 4.90 Å². The number of aromatic nitrogens is 2. The Labute approximate surface area is 158 Å². The number of H-pyrrole nitrogens is 1. The number of aromatic amines is 1. The Bertz CT molecular complexity index is 814. The van der Waals surface area contributed by atoms with Crippen molar-refractivity contribution in [2.24, 2.45) is 5.92 Å². The second kappa shape index (κ2) is 7.21. The summed E-state index contributed by atoms with van der Waals surface area (Å²) < 4.78 is 26.7. The van der Waals surface area contributed by atoms with Crippen LogP contribution < -0.4 is 0 Å². The molecule has 1 N–H and O–H groups in total. The number of nitrogens with one attached hydrogen (secondary N) is 1. The number of para-hydroxylation sites is 1. The molecule has 2 fully saturated rings. The van der Waals surface area contributed by atoms with Crippen molar-refractivity contribution in [1.29, 1.82) is 0 Å². The van der Waals surface area contributed by atoms with E-state index in [4.69, 9.17) is 0 Å². The Morgan fingerprint density at radius 2 is 1.93 bits per heavy atom. The van der Waals surface area contributed by atoms with Crippen LogP contribution in [0.15, 0.2) is 18.2 Å². The number of fused-ring (bicyclic) bond motifs is 1. The minimum absolute atomic E-state index is 0.0756. The van der Waals surface area contributed by atoms with Crippen molar-refractivity contribution in [2.45, 2.75) is 63.7 Å². The molecule has 0 spiro atoms. The number of hydrogen-bond donors (Lipinski definition) is 1. The molecule has 27 heavy (non-hydrogen) atoms. The zero-order valence-electron chi connectivity index (χ0n) is 15.8. The number of benzene rings is 1. The highest BCUT2D eigenvalue weighted by molar-refractivity contribution is 5.85. The third-order valence-electron chi connectivity index (χ3n) is 6.36. The third kappa shape index (κ3) is 3.58. The van der Waals surface area contributed by atoms with Crippen LogP contribution in [-0.4, -0.2) is 40.0 Å². The topological polar surface area (TPSA) is 49.0 Å². The minimum atomic E-state index is -2.58. The molecule has 1 aliphatic carbocycles. The highest BCUT2D eigenvalue weighted by Gasteiger charge is 2.39. The number of rotatable bonds is 3. The van der Waals surface area contributed by atoms with Crippen molar-refractivity contribution in [1.82, 2.24) is 15.1 Å². The zero-order valence-corrected chi connectivity index (χ0v) is 15.8. The summed E-state index contributed by atoms with van der Waals surface area (Å²) in [5.74, 6) is -2.36. The number of hydrogen-bond acceptors (Lipinski definition) is 2. The van der Waals surface area contributed by atoms with E-state index in [1.54, 1.807) is 0 Å². The van der Waals surface area contributed by atoms with Crippen molar-refractivity contribution in [3.05, 3.63) is 29.5 Å². The van der Waals surface area contributed by atoms with Crippen molar-refractivity contribution in [3.63, 3.8) is 0 Å². The largest absolute Gasteiger partial charge is 0.342 e. The van der Waals surface area contributed by atoms with Gasteiger partial charge in [0, 0.05) is 48.8 Å². The van der Waals surface area contributed by atoms with E-state index < -0.39 is 5.92 Å². The summed E-state index contributed by atoms with van der Waals surface area (Å²) in [6.07, 6.45) is 3.06. The first-order valence-electron chi connectivity index (χ1n) is 10.1. The third-order valence-corrected chi connectivity index (χ3v) is 6.36. The summed E-state index contributed by atoms with van der Waals surface area (Å²) in [4.78, 5) is 14.6. The summed E-state index contributed by atoms with van der Waals surface area (Å²) in [6.45, 7) is 3.53. The van der Waals surface area contributed by atoms with Crippen molar-refractivity contribution >= 4 is 16.8 Å². The lowest BCUT2D eigenvalue weighted by Crippen LogP contribution is -2.43. The van der Waals surface area contributed by atoms with E-state index in [2.05, 4.69) is 35.3 Å². The number of piperidine rings is 1. The van der Waals surface area contributed by atoms with Gasteiger partial charge in [-0.3, -0.25) is 9.89 Å². The number of alkyl halides is 2. The first kappa shape index (κ1) is 18.4. The molecule has 0 radical (unpaired) electrons. The summed E-state index contributed by atoms with van der Waals surface area (Å²) in [5, 5.41) is 8.96. The van der Waals surface area contributed by atoms with E-state index in [1.165, 1.54) is 16.6 Å². The van der Waals surface area contributed by atoms with Crippen LogP contribution in [0, 0.1) is 5.92 Å². The predicted molar refractivity (Wildman–Crippen MR) is 101 cm³/mol. The lowest BCUT2D eigenvalue weighted by atomic mass is 9.84. The minimum Gasteiger partial charge on any atom is -0.342 e. The molecule has 1 saturated heterocycles. The Kier molecular flexibility index (Phi) is 4.91. The maximum Gasteiger partial charge on any atom is 0.248 e. The van der Waals surface area contributed by atoms with E-state index >= 15 is 0 Å². The molecule has 0 atom stereocenters. The van der Waals surface area contributed by atoms with Gasteiger partial charge in [-0.2, -0.15) is 5.10 Å². The van der Waals surface area contributed by atoms with Crippen LogP contribution in [0.5, 0.6) is 0 Å². The molecular formula is C21H27F2N3O. The quantitative estimate of drug-likeness (QED) is 0.848. The molecule has 1 amide bonds. The molecule has 0 unspecified atom stereocenters. The molecule has 4 rings (SSSR count). The first-order valence-corrected chi connectivity index (χ1v) is 10.1. The van der Waals surface area contributed by atoms with Gasteiger partial charge in [-0.05, 0) is 37.7 Å². The van der Waals surface area contributed by atoms with Crippen molar-refractivity contribution in [2.75, 3.05) is 13.1 Å². The number of amides is 1. The highest BCUT2D eigenvalue weighted by atomic mass is 19.3. The fourth-order valence-corrected chi connectivity index (χ4v) is 4.65. The van der Waals surface area contributed by atoms with Crippen molar-refractivity contribution in [3.8, 4) is 0 Å². The van der Waals surface area contributed by atoms with Gasteiger partial charge in [0.1, 0.15) is 0 Å². The fraction of sp³-hybridized carbons (Fsp3) is 0.619. The molecule has 6 heteroatoms. The Morgan fingerprint density at radius 3 is 2.59 bits per heavy atom. The highest BCUT2D eigenvalue weighted by Crippen LogP contribution is 2.38. The zero-order chi connectivity index (χ0) is 19.0. The number of nitrogens with zero attached hydrogens (tertiary/aromatic N) is 2. The van der Waals surface area contributed by atoms with Gasteiger partial charge in [0.25, 0.3) is 0 Å². The van der Waals surface area contributed by atoms with Gasteiger partial charge in [0.2, 0.25) is 11.8 Å². The molecule has 1 aromatic carbocycles. The van der Waals surface area contributed by atoms with Gasteiger partial charge in [0.15, 0.2) is 0 Å². The number of carbonyl (C=O) groups is 1. The van der Waals surface area contributed by atoms with Gasteiger partial charge < -0.3 is 4.90 Å². The second-order valence-corrected chi connectivity index (χ2v) is 8.03. The van der Waals surface area contributed by atoms with E-state index in [-0.39, 0.29) is 24.7 Å². The fourth-order valence-electron chi connectivity index (χ4n) is 4.65. The second-order valence-electron chi connectivity index (χ2n) is 8.03. The van der Waals surface area contributed by atoms with Crippen LogP contribution in [0.1, 0.15) is 62.6 Å². The molecule has 146 valence electrons. The average molecular weight is 375 g/mol. The molecule has 1 aliphatic heterocycles. The van der Waals surface area contributed by atoms with Crippen molar-refractivity contribution < 1.29 is 13.6 Å². The summed E-state index contributed by atoms with van der Waals surface area (Å²) in [7, 11) is 0. The lowest BCUT2D eigenvalue weighted by Gasteiger charge is -2.36. The number of carbonyl (C=O) groups excluding carboxylic acids is 1. The van der Waals surface area contributed by atoms with Crippen LogP contribution in [0.3, 0.4) is 0 Å². The summed E-state index contributed by atoms with van der Waals surface area (Å²) in [5.41, 5.74) is 3.47. The summed E-state index contributed by atoms with van der Waals surface area (Å²) >= 11 is 0. The Morgan fingerprint density at radius 1 is 1.22 bits per heavy atom. The number of aryl methyl sites for hydroxylation is 1. The predicted octanol–water partition coefficient (Wildman–Crippen LogP) is 4.66. The normalized spacial score (nSPS) is 21.7. The van der Waals surface area contributed by atoms with Crippen LogP contribution in [0.2, 0.25) is 0 Å². The van der Waals surface area contributed by atoms with Crippen LogP contribution >= 0.6 is 0 Å². The molecule has 1 aromatic heterocycles. The van der Waals surface area contributed by atoms with Gasteiger partial charge in [-0.25, -0.2) is 8.78 Å². The average Bonchev–Trinajstić information content (AvgIpc) is 3.12. The molecular weight excluding hydrogens is 348 g/mol. The Balaban J connectivity index is 1.40. The standard InChI is InChI=1S/C21H27F2N3O/c1-2-14-4-3-5-17-18(14)24-25-19(17)15-8-12-26(13-9-15)20(27)16-6-10-21(22,23)11-7-16/h3-5,15-16H,2,6-13H2,1H3,(H,24,25). The maximum absolute atomic E-state index is 13.3. The number of likely N-dealkylation sites (tertiary alicyclic amines) is 1. The summed E-state index contributed by atoms with van der Waals surface area (Å²) in [6, 6.07) is 6.31. The first-order chi connectivity index (χ1) is 13.0. The SMILES string of the molecule is CCc1cccc2c(C3CCN(C(=O)C4CCC(F)(F)CC4)CC3)[nH]nc12. The van der Waals surface area contributed by atoms with Gasteiger partial charge >= 0.3 is 0 Å². The van der Waals surface area contributed by atoms with Crippen LogP contribution in [-0.2, 0) is 11.2 Å². The number of halogens is 2. The molecule has 2 heterocycles. The molecule has 4 nitrogen and oxygen atoms in total. The van der Waals surface area contributed by atoms with Gasteiger partial charge in [0.05, 0.1) is 5.52 Å². The smallest absolute Gasteiger partial charge is 0.248 e. The monoisotopic (exact) mass is 375 g/mol. The molecule has 2 aromatic rings. The Hall–Kier alpha value is -1.98. The van der Waals surface area contributed by atoms with E-state index in [9.17, 15) is 13.6 Å². The van der Waals surface area contributed by atoms with E-state index in [0.717, 1.165) is 24.8 Å². The van der Waals surface area contributed by atoms with Gasteiger partial charge in [-0.15, -0.1) is 0 Å².